The summed E-state index contributed by atoms with van der Waals surface area (Å²) >= 11 is 0. The smallest absolute Gasteiger partial charge is 0.0105 e. The van der Waals surface area contributed by atoms with E-state index in [9.17, 15) is 0 Å². The minimum absolute atomic E-state index is 1.24. The molecule has 0 nitrogen and oxygen atoms in total. The molecule has 0 fully saturated rings. The fourth-order valence-electron chi connectivity index (χ4n) is 10.8. The van der Waals surface area contributed by atoms with E-state index < -0.39 is 0 Å². The van der Waals surface area contributed by atoms with Gasteiger partial charge in [0.15, 0.2) is 0 Å². The van der Waals surface area contributed by atoms with Gasteiger partial charge in [0.25, 0.3) is 0 Å². The molecular weight excluding hydrogens is 985 g/mol. The van der Waals surface area contributed by atoms with Gasteiger partial charge in [0.2, 0.25) is 0 Å². The molecule has 82 heavy (non-hydrogen) atoms. The number of benzene rings is 14. The van der Waals surface area contributed by atoms with Gasteiger partial charge in [0.1, 0.15) is 0 Å². The van der Waals surface area contributed by atoms with Crippen molar-refractivity contribution < 1.29 is 0 Å². The summed E-state index contributed by atoms with van der Waals surface area (Å²) in [6, 6.07) is 117. The highest BCUT2D eigenvalue weighted by molar-refractivity contribution is 5.97. The molecule has 0 aliphatic rings. The minimum atomic E-state index is 1.24. The van der Waals surface area contributed by atoms with Gasteiger partial charge in [-0.25, -0.2) is 0 Å². The van der Waals surface area contributed by atoms with Crippen molar-refractivity contribution in [3.8, 4) is 77.9 Å². The van der Waals surface area contributed by atoms with Crippen LogP contribution >= 0.6 is 0 Å². The first-order chi connectivity index (χ1) is 40.3. The van der Waals surface area contributed by atoms with E-state index in [4.69, 9.17) is 0 Å². The van der Waals surface area contributed by atoms with E-state index in [1.807, 2.05) is 0 Å². The summed E-state index contributed by atoms with van der Waals surface area (Å²) in [7, 11) is 0. The molecule has 14 aromatic rings. The van der Waals surface area contributed by atoms with Crippen molar-refractivity contribution in [1.29, 1.82) is 0 Å². The van der Waals surface area contributed by atoms with Crippen molar-refractivity contribution in [3.63, 3.8) is 0 Å². The molecule has 0 aliphatic heterocycles. The molecule has 0 spiro atoms. The van der Waals surface area contributed by atoms with Gasteiger partial charge in [-0.2, -0.15) is 0 Å². The molecule has 0 atom stereocenters. The Labute approximate surface area is 485 Å². The molecule has 0 radical (unpaired) electrons. The second-order valence-corrected chi connectivity index (χ2v) is 21.2. The third-order valence-electron chi connectivity index (χ3n) is 15.1. The van der Waals surface area contributed by atoms with Crippen LogP contribution in [-0.4, -0.2) is 0 Å². The van der Waals surface area contributed by atoms with Crippen LogP contribution in [0.4, 0.5) is 0 Å². The van der Waals surface area contributed by atoms with Crippen LogP contribution < -0.4 is 0 Å². The Bertz CT molecular complexity index is 4430. The van der Waals surface area contributed by atoms with Crippen molar-refractivity contribution in [2.45, 2.75) is 27.7 Å². The van der Waals surface area contributed by atoms with Gasteiger partial charge in [0.05, 0.1) is 0 Å². The Balaban J connectivity index is 0.000000118. The van der Waals surface area contributed by atoms with Crippen molar-refractivity contribution in [3.05, 3.63) is 350 Å². The normalized spacial score (nSPS) is 10.7. The summed E-state index contributed by atoms with van der Waals surface area (Å²) in [6.45, 7) is 8.56. The Morgan fingerprint density at radius 2 is 0.463 bits per heavy atom. The third-order valence-corrected chi connectivity index (χ3v) is 15.1. The molecule has 14 aromatic carbocycles. The van der Waals surface area contributed by atoms with Crippen LogP contribution in [-0.2, 0) is 0 Å². The SMILES string of the molecule is Cc1cccc(-c2ccc3ccccc3c2)c1.Cc1cccc(-c2cccc(-c3cccc(-c4ccc5ccccc5c4)c3)c2)c1.Cc1cccc(-c2cccc3ccccc23)c1.Cc1ccccc1-c1cccc(-c2ccccc2)c1. The molecule has 0 heteroatoms. The van der Waals surface area contributed by atoms with Crippen LogP contribution in [0, 0.1) is 27.7 Å². The fourth-order valence-corrected chi connectivity index (χ4v) is 10.8. The Hall–Kier alpha value is -10.1. The zero-order chi connectivity index (χ0) is 56.0. The maximum atomic E-state index is 2.29. The van der Waals surface area contributed by atoms with Gasteiger partial charge in [-0.1, -0.05) is 314 Å². The Kier molecular flexibility index (Phi) is 16.9. The first-order valence-corrected chi connectivity index (χ1v) is 28.4. The van der Waals surface area contributed by atoms with E-state index in [1.165, 1.54) is 132 Å². The maximum absolute atomic E-state index is 2.29. The lowest BCUT2D eigenvalue weighted by Crippen LogP contribution is -1.84. The molecule has 0 saturated heterocycles. The lowest BCUT2D eigenvalue weighted by Gasteiger charge is -2.09. The summed E-state index contributed by atoms with van der Waals surface area (Å²) in [5.41, 5.74) is 23.0. The highest BCUT2D eigenvalue weighted by Gasteiger charge is 2.08. The lowest BCUT2D eigenvalue weighted by molar-refractivity contribution is 1.46. The van der Waals surface area contributed by atoms with Crippen molar-refractivity contribution >= 4 is 32.3 Å². The molecule has 0 heterocycles. The van der Waals surface area contributed by atoms with E-state index in [0.717, 1.165) is 0 Å². The second-order valence-electron chi connectivity index (χ2n) is 21.2. The van der Waals surface area contributed by atoms with Crippen molar-refractivity contribution in [1.82, 2.24) is 0 Å². The van der Waals surface area contributed by atoms with Crippen LogP contribution in [0.2, 0.25) is 0 Å². The van der Waals surface area contributed by atoms with Crippen LogP contribution in [0.5, 0.6) is 0 Å². The van der Waals surface area contributed by atoms with E-state index in [1.54, 1.807) is 0 Å². The van der Waals surface area contributed by atoms with Gasteiger partial charge >= 0.3 is 0 Å². The number of hydrogen-bond acceptors (Lipinski definition) is 0. The number of fused-ring (bicyclic) bond motifs is 3. The van der Waals surface area contributed by atoms with Crippen LogP contribution in [0.1, 0.15) is 22.3 Å². The minimum Gasteiger partial charge on any atom is -0.0622 e. The molecule has 0 aliphatic carbocycles. The van der Waals surface area contributed by atoms with Crippen LogP contribution in [0.15, 0.2) is 328 Å². The molecule has 0 saturated carbocycles. The topological polar surface area (TPSA) is 0 Å². The Morgan fingerprint density at radius 1 is 0.159 bits per heavy atom. The van der Waals surface area contributed by atoms with E-state index in [2.05, 4.69) is 355 Å². The zero-order valence-electron chi connectivity index (χ0n) is 47.2. The summed E-state index contributed by atoms with van der Waals surface area (Å²) in [5.74, 6) is 0. The van der Waals surface area contributed by atoms with Crippen LogP contribution in [0.25, 0.3) is 110 Å². The standard InChI is InChI=1S/C29H22.C19H16.2C17H14/c1-21-7-4-10-23(17-21)25-11-5-12-26(19-25)27-13-6-14-28(20-27)29-16-15-22-8-2-3-9-24(22)18-29;1-15-8-5-6-13-19(15)18-12-7-11-17(14-18)16-9-3-2-4-10-16;1-13-6-4-9-15(12-13)17-11-5-8-14-7-2-3-10-16(14)17;1-13-5-4-8-15(11-13)17-10-9-14-6-2-3-7-16(14)12-17/h2-20H,1H3;2-14H,1H3;2*2-12H,1H3. The third kappa shape index (κ3) is 13.3. The summed E-state index contributed by atoms with van der Waals surface area (Å²) in [6.07, 6.45) is 0. The average Bonchev–Trinajstić information content (AvgIpc) is 3.55. The highest BCUT2D eigenvalue weighted by Crippen LogP contribution is 2.33. The second kappa shape index (κ2) is 25.8. The van der Waals surface area contributed by atoms with Crippen LogP contribution in [0.3, 0.4) is 0 Å². The zero-order valence-corrected chi connectivity index (χ0v) is 47.2. The highest BCUT2D eigenvalue weighted by atomic mass is 14.1. The number of hydrogen-bond donors (Lipinski definition) is 0. The molecule has 0 aromatic heterocycles. The fraction of sp³-hybridized carbons (Fsp3) is 0.0488. The monoisotopic (exact) mass is 1050 g/mol. The van der Waals surface area contributed by atoms with Gasteiger partial charge in [-0.3, -0.25) is 0 Å². The maximum Gasteiger partial charge on any atom is -0.0105 e. The van der Waals surface area contributed by atoms with Crippen molar-refractivity contribution in [2.75, 3.05) is 0 Å². The Morgan fingerprint density at radius 3 is 0.963 bits per heavy atom. The largest absolute Gasteiger partial charge is 0.0622 e. The molecule has 0 amide bonds. The molecule has 394 valence electrons. The first kappa shape index (κ1) is 53.8. The predicted molar refractivity (Wildman–Crippen MR) is 355 cm³/mol. The number of aryl methyl sites for hydroxylation is 4. The van der Waals surface area contributed by atoms with Gasteiger partial charge in [-0.05, 0) is 174 Å². The summed E-state index contributed by atoms with van der Waals surface area (Å²) < 4.78 is 0. The molecule has 14 rings (SSSR count). The number of rotatable bonds is 7. The van der Waals surface area contributed by atoms with E-state index in [0.29, 0.717) is 0 Å². The average molecular weight is 1050 g/mol. The van der Waals surface area contributed by atoms with Gasteiger partial charge in [0, 0.05) is 0 Å². The van der Waals surface area contributed by atoms with Crippen molar-refractivity contribution in [2.24, 2.45) is 0 Å². The summed E-state index contributed by atoms with van der Waals surface area (Å²) in [4.78, 5) is 0. The molecule has 0 N–H and O–H groups in total. The van der Waals surface area contributed by atoms with E-state index >= 15 is 0 Å². The lowest BCUT2D eigenvalue weighted by atomic mass is 9.95. The molecule has 0 unspecified atom stereocenters. The van der Waals surface area contributed by atoms with Gasteiger partial charge in [-0.15, -0.1) is 0 Å². The first-order valence-electron chi connectivity index (χ1n) is 28.4. The summed E-state index contributed by atoms with van der Waals surface area (Å²) in [5, 5.41) is 7.76. The molecule has 0 bridgehead atoms. The molecular formula is C82H66. The van der Waals surface area contributed by atoms with Gasteiger partial charge < -0.3 is 0 Å². The predicted octanol–water partition coefficient (Wildman–Crippen LogP) is 23.1. The quantitative estimate of drug-likeness (QED) is 0.149. The van der Waals surface area contributed by atoms with E-state index in [-0.39, 0.29) is 0 Å².